The van der Waals surface area contributed by atoms with Crippen LogP contribution in [0.1, 0.15) is 66.2 Å². The number of piperazine rings is 1. The summed E-state index contributed by atoms with van der Waals surface area (Å²) in [7, 11) is -3.38. The number of halogens is 2. The van der Waals surface area contributed by atoms with Gasteiger partial charge < -0.3 is 16.4 Å². The van der Waals surface area contributed by atoms with Crippen molar-refractivity contribution in [3.63, 3.8) is 0 Å². The van der Waals surface area contributed by atoms with E-state index in [-0.39, 0.29) is 30.1 Å². The molecule has 2 bridgehead atoms. The number of anilines is 1. The van der Waals surface area contributed by atoms with Gasteiger partial charge in [-0.1, -0.05) is 42.5 Å². The van der Waals surface area contributed by atoms with Crippen molar-refractivity contribution >= 4 is 21.6 Å². The van der Waals surface area contributed by atoms with Gasteiger partial charge in [0.05, 0.1) is 11.8 Å². The van der Waals surface area contributed by atoms with Crippen molar-refractivity contribution in [1.29, 1.82) is 0 Å². The molecule has 7 nitrogen and oxygen atoms in total. The second kappa shape index (κ2) is 12.4. The fourth-order valence-corrected chi connectivity index (χ4v) is 8.33. The van der Waals surface area contributed by atoms with E-state index in [0.717, 1.165) is 12.0 Å². The summed E-state index contributed by atoms with van der Waals surface area (Å²) in [6.07, 6.45) is 4.42. The molecule has 3 fully saturated rings. The molecule has 3 aromatic rings. The lowest BCUT2D eigenvalue weighted by molar-refractivity contribution is -0.117. The molecule has 1 saturated carbocycles. The van der Waals surface area contributed by atoms with Gasteiger partial charge >= 0.3 is 0 Å². The van der Waals surface area contributed by atoms with Crippen LogP contribution in [-0.2, 0) is 21.2 Å². The Morgan fingerprint density at radius 1 is 1.00 bits per heavy atom. The molecule has 43 heavy (non-hydrogen) atoms. The highest BCUT2D eigenvalue weighted by Crippen LogP contribution is 2.41. The van der Waals surface area contributed by atoms with Crippen LogP contribution in [0.4, 0.5) is 14.5 Å². The van der Waals surface area contributed by atoms with E-state index in [1.54, 1.807) is 22.5 Å². The first kappa shape index (κ1) is 29.9. The average molecular weight is 609 g/mol. The van der Waals surface area contributed by atoms with Crippen LogP contribution in [0.25, 0.3) is 0 Å². The lowest BCUT2D eigenvalue weighted by Crippen LogP contribution is -2.57. The standard InChI is InChI=1S/C33H38F2N4O3S/c34-25-14-12-24(13-15-25)31(23-10-8-22(9-11-23)21-6-7-21)32(36)33(40)38-30-5-1-4-29(35)28(30)17-16-27-19-37-26-3-2-18-43(41,42)39(27)20-26/h1,4-5,8-15,21,26-27,31-32,37H,2-3,6-7,16-20,36H2,(H,38,40)/t26?,27?,31-,32+/m1/s1. The van der Waals surface area contributed by atoms with Crippen LogP contribution in [0.5, 0.6) is 0 Å². The third-order valence-corrected chi connectivity index (χ3v) is 11.1. The number of nitrogens with zero attached hydrogens (tertiary/aromatic N) is 1. The van der Waals surface area contributed by atoms with Crippen molar-refractivity contribution in [3.8, 4) is 0 Å². The van der Waals surface area contributed by atoms with Gasteiger partial charge in [0.1, 0.15) is 11.6 Å². The number of nitrogens with two attached hydrogens (primary N) is 1. The topological polar surface area (TPSA) is 105 Å². The van der Waals surface area contributed by atoms with E-state index in [4.69, 9.17) is 5.73 Å². The molecule has 10 heteroatoms. The maximum Gasteiger partial charge on any atom is 0.242 e. The fraction of sp³-hybridized carbons (Fsp3) is 0.424. The number of fused-ring (bicyclic) bond motifs is 2. The summed E-state index contributed by atoms with van der Waals surface area (Å²) in [5.74, 6) is -1.21. The summed E-state index contributed by atoms with van der Waals surface area (Å²) in [5.41, 5.74) is 10.0. The number of rotatable bonds is 9. The van der Waals surface area contributed by atoms with Crippen LogP contribution in [0, 0.1) is 11.6 Å². The second-order valence-electron chi connectivity index (χ2n) is 12.1. The van der Waals surface area contributed by atoms with Crippen LogP contribution in [0.3, 0.4) is 0 Å². The first-order valence-electron chi connectivity index (χ1n) is 15.1. The van der Waals surface area contributed by atoms with Gasteiger partial charge in [0.25, 0.3) is 0 Å². The Balaban J connectivity index is 1.21. The minimum Gasteiger partial charge on any atom is -0.324 e. The number of hydrogen-bond acceptors (Lipinski definition) is 5. The molecule has 3 unspecified atom stereocenters. The fourth-order valence-electron chi connectivity index (χ4n) is 6.52. The Morgan fingerprint density at radius 2 is 1.70 bits per heavy atom. The predicted octanol–water partition coefficient (Wildman–Crippen LogP) is 4.64. The summed E-state index contributed by atoms with van der Waals surface area (Å²) in [5, 5.41) is 6.30. The molecule has 3 aliphatic rings. The van der Waals surface area contributed by atoms with Gasteiger partial charge in [-0.2, -0.15) is 4.31 Å². The summed E-state index contributed by atoms with van der Waals surface area (Å²) in [6.45, 7) is 0.929. The average Bonchev–Trinajstić information content (AvgIpc) is 3.85. The normalized spacial score (nSPS) is 24.5. The van der Waals surface area contributed by atoms with Crippen molar-refractivity contribution in [2.24, 2.45) is 5.73 Å². The van der Waals surface area contributed by atoms with Gasteiger partial charge in [0.2, 0.25) is 15.9 Å². The highest BCUT2D eigenvalue weighted by Gasteiger charge is 2.38. The highest BCUT2D eigenvalue weighted by molar-refractivity contribution is 7.89. The summed E-state index contributed by atoms with van der Waals surface area (Å²) < 4.78 is 56.3. The number of nitrogens with one attached hydrogen (secondary N) is 2. The van der Waals surface area contributed by atoms with Crippen LogP contribution >= 0.6 is 0 Å². The molecule has 6 rings (SSSR count). The maximum atomic E-state index is 15.2. The molecule has 0 spiro atoms. The molecule has 228 valence electrons. The van der Waals surface area contributed by atoms with Gasteiger partial charge in [0, 0.05) is 42.3 Å². The van der Waals surface area contributed by atoms with Crippen LogP contribution in [-0.4, -0.2) is 55.6 Å². The summed E-state index contributed by atoms with van der Waals surface area (Å²) in [6, 6.07) is 17.3. The van der Waals surface area contributed by atoms with E-state index in [1.165, 1.54) is 42.7 Å². The molecular weight excluding hydrogens is 570 g/mol. The first-order valence-corrected chi connectivity index (χ1v) is 16.7. The second-order valence-corrected chi connectivity index (χ2v) is 14.1. The van der Waals surface area contributed by atoms with Gasteiger partial charge in [-0.05, 0) is 85.4 Å². The SMILES string of the molecule is N[C@H](C(=O)Nc1cccc(F)c1CCC1CNC2CCCS(=O)(=O)N1C2)[C@@H](c1ccc(F)cc1)c1ccc(C2CC2)cc1. The van der Waals surface area contributed by atoms with Crippen LogP contribution in [0.2, 0.25) is 0 Å². The number of hydrogen-bond donors (Lipinski definition) is 3. The number of carbonyl (C=O) groups excluding carboxylic acids is 1. The molecule has 3 aromatic carbocycles. The Kier molecular flexibility index (Phi) is 8.64. The monoisotopic (exact) mass is 608 g/mol. The van der Waals surface area contributed by atoms with Gasteiger partial charge in [-0.15, -0.1) is 0 Å². The number of carbonyl (C=O) groups is 1. The third-order valence-electron chi connectivity index (χ3n) is 9.10. The quantitative estimate of drug-likeness (QED) is 0.329. The molecule has 1 aliphatic carbocycles. The largest absolute Gasteiger partial charge is 0.324 e. The Bertz CT molecular complexity index is 1560. The maximum absolute atomic E-state index is 15.2. The lowest BCUT2D eigenvalue weighted by Gasteiger charge is -2.37. The van der Waals surface area contributed by atoms with E-state index < -0.39 is 33.7 Å². The molecule has 4 N–H and O–H groups in total. The third kappa shape index (κ3) is 6.67. The molecule has 2 heterocycles. The Morgan fingerprint density at radius 3 is 2.40 bits per heavy atom. The van der Waals surface area contributed by atoms with Crippen molar-refractivity contribution in [2.75, 3.05) is 24.2 Å². The van der Waals surface area contributed by atoms with Crippen LogP contribution < -0.4 is 16.4 Å². The Labute approximate surface area is 251 Å². The van der Waals surface area contributed by atoms with Gasteiger partial charge in [0.15, 0.2) is 0 Å². The van der Waals surface area contributed by atoms with E-state index in [9.17, 15) is 17.6 Å². The zero-order valence-corrected chi connectivity index (χ0v) is 24.8. The van der Waals surface area contributed by atoms with E-state index >= 15 is 4.39 Å². The minimum absolute atomic E-state index is 0.124. The number of sulfonamides is 1. The molecule has 2 aliphatic heterocycles. The first-order chi connectivity index (χ1) is 20.7. The smallest absolute Gasteiger partial charge is 0.242 e. The zero-order valence-electron chi connectivity index (χ0n) is 24.0. The molecule has 0 radical (unpaired) electrons. The number of benzene rings is 3. The van der Waals surface area contributed by atoms with E-state index in [1.807, 2.05) is 12.1 Å². The van der Waals surface area contributed by atoms with Crippen molar-refractivity contribution < 1.29 is 22.0 Å². The summed E-state index contributed by atoms with van der Waals surface area (Å²) >= 11 is 0. The van der Waals surface area contributed by atoms with Crippen LogP contribution in [0.15, 0.2) is 66.7 Å². The van der Waals surface area contributed by atoms with Crippen molar-refractivity contribution in [2.45, 2.75) is 68.5 Å². The number of amides is 1. The van der Waals surface area contributed by atoms with Gasteiger partial charge in [-0.3, -0.25) is 4.79 Å². The minimum atomic E-state index is -3.38. The molecule has 2 saturated heterocycles. The highest BCUT2D eigenvalue weighted by atomic mass is 32.2. The predicted molar refractivity (Wildman–Crippen MR) is 163 cm³/mol. The molecular formula is C33H38F2N4O3S. The molecule has 5 atom stereocenters. The summed E-state index contributed by atoms with van der Waals surface area (Å²) in [4.78, 5) is 13.7. The van der Waals surface area contributed by atoms with Crippen molar-refractivity contribution in [1.82, 2.24) is 9.62 Å². The van der Waals surface area contributed by atoms with E-state index in [2.05, 4.69) is 22.8 Å². The Hall–Kier alpha value is -3.18. The zero-order chi connectivity index (χ0) is 30.1. The lowest BCUT2D eigenvalue weighted by atomic mass is 9.84. The van der Waals surface area contributed by atoms with Gasteiger partial charge in [-0.25, -0.2) is 17.2 Å². The molecule has 1 amide bonds. The molecule has 0 aromatic heterocycles. The van der Waals surface area contributed by atoms with Crippen molar-refractivity contribution in [3.05, 3.63) is 101 Å². The van der Waals surface area contributed by atoms with E-state index in [0.29, 0.717) is 48.7 Å².